The number of anilines is 2. The van der Waals surface area contributed by atoms with Gasteiger partial charge in [0, 0.05) is 32.1 Å². The molecule has 0 aromatic carbocycles. The van der Waals surface area contributed by atoms with Gasteiger partial charge in [-0.15, -0.1) is 0 Å². The maximum Gasteiger partial charge on any atom is 0.245 e. The molecule has 1 aliphatic rings. The highest BCUT2D eigenvalue weighted by Gasteiger charge is 2.38. The van der Waals surface area contributed by atoms with E-state index in [9.17, 15) is 4.79 Å². The summed E-state index contributed by atoms with van der Waals surface area (Å²) in [5, 5.41) is 6.22. The van der Waals surface area contributed by atoms with Gasteiger partial charge in [-0.2, -0.15) is 0 Å². The predicted molar refractivity (Wildman–Crippen MR) is 84.6 cm³/mol. The van der Waals surface area contributed by atoms with Crippen molar-refractivity contribution >= 4 is 17.5 Å². The van der Waals surface area contributed by atoms with Gasteiger partial charge < -0.3 is 15.5 Å². The fourth-order valence-corrected chi connectivity index (χ4v) is 2.42. The molecule has 0 saturated carbocycles. The first-order valence-corrected chi connectivity index (χ1v) is 7.66. The Balaban J connectivity index is 2.35. The van der Waals surface area contributed by atoms with Crippen LogP contribution in [0.1, 0.15) is 39.9 Å². The summed E-state index contributed by atoms with van der Waals surface area (Å²) in [4.78, 5) is 23.3. The summed E-state index contributed by atoms with van der Waals surface area (Å²) >= 11 is 0. The number of aromatic nitrogens is 2. The molecule has 21 heavy (non-hydrogen) atoms. The van der Waals surface area contributed by atoms with Crippen LogP contribution < -0.4 is 15.5 Å². The van der Waals surface area contributed by atoms with Gasteiger partial charge in [0.15, 0.2) is 0 Å². The highest BCUT2D eigenvalue weighted by molar-refractivity contribution is 5.90. The van der Waals surface area contributed by atoms with E-state index in [0.717, 1.165) is 43.4 Å². The molecule has 2 heterocycles. The van der Waals surface area contributed by atoms with Crippen molar-refractivity contribution in [1.82, 2.24) is 15.3 Å². The average Bonchev–Trinajstić information content (AvgIpc) is 2.47. The summed E-state index contributed by atoms with van der Waals surface area (Å²) in [6.45, 7) is 10.3. The van der Waals surface area contributed by atoms with Crippen molar-refractivity contribution in [1.29, 1.82) is 0 Å². The molecule has 0 unspecified atom stereocenters. The minimum atomic E-state index is -0.598. The van der Waals surface area contributed by atoms with Crippen molar-refractivity contribution in [3.05, 3.63) is 11.9 Å². The van der Waals surface area contributed by atoms with Gasteiger partial charge in [0.05, 0.1) is 0 Å². The lowest BCUT2D eigenvalue weighted by Crippen LogP contribution is -2.62. The van der Waals surface area contributed by atoms with E-state index < -0.39 is 5.54 Å². The van der Waals surface area contributed by atoms with Gasteiger partial charge >= 0.3 is 0 Å². The van der Waals surface area contributed by atoms with Gasteiger partial charge in [0.1, 0.15) is 23.0 Å². The summed E-state index contributed by atoms with van der Waals surface area (Å²) in [5.41, 5.74) is -0.598. The van der Waals surface area contributed by atoms with E-state index in [1.165, 1.54) is 0 Å². The number of nitrogens with one attached hydrogen (secondary N) is 2. The molecule has 6 heteroatoms. The lowest BCUT2D eigenvalue weighted by molar-refractivity contribution is -0.126. The van der Waals surface area contributed by atoms with Crippen LogP contribution in [0.25, 0.3) is 0 Å². The lowest BCUT2D eigenvalue weighted by Gasteiger charge is -2.42. The van der Waals surface area contributed by atoms with Crippen molar-refractivity contribution < 1.29 is 4.79 Å². The van der Waals surface area contributed by atoms with E-state index in [1.54, 1.807) is 0 Å². The standard InChI is InChI=1S/C15H25N5O/c1-5-7-16-12-10-13(19-11(6-2)18-12)20-9-8-17-14(21)15(20,3)4/h10H,5-9H2,1-4H3,(H,17,21)(H,16,18,19). The molecule has 2 rings (SSSR count). The Morgan fingerprint density at radius 3 is 2.81 bits per heavy atom. The smallest absolute Gasteiger partial charge is 0.245 e. The lowest BCUT2D eigenvalue weighted by atomic mass is 9.99. The van der Waals surface area contributed by atoms with Gasteiger partial charge in [-0.1, -0.05) is 13.8 Å². The number of carbonyl (C=O) groups excluding carboxylic acids is 1. The van der Waals surface area contributed by atoms with Crippen LogP contribution in [0.5, 0.6) is 0 Å². The molecule has 1 fully saturated rings. The minimum Gasteiger partial charge on any atom is -0.370 e. The first-order valence-electron chi connectivity index (χ1n) is 7.66. The van der Waals surface area contributed by atoms with Crippen LogP contribution in [0.4, 0.5) is 11.6 Å². The average molecular weight is 291 g/mol. The second-order valence-electron chi connectivity index (χ2n) is 5.77. The highest BCUT2D eigenvalue weighted by atomic mass is 16.2. The summed E-state index contributed by atoms with van der Waals surface area (Å²) in [6, 6.07) is 1.94. The third-order valence-electron chi connectivity index (χ3n) is 3.76. The number of carbonyl (C=O) groups is 1. The minimum absolute atomic E-state index is 0.0356. The zero-order valence-electron chi connectivity index (χ0n) is 13.4. The van der Waals surface area contributed by atoms with E-state index in [-0.39, 0.29) is 5.91 Å². The molecule has 0 spiro atoms. The number of hydrogen-bond acceptors (Lipinski definition) is 5. The molecule has 0 aliphatic carbocycles. The van der Waals surface area contributed by atoms with Crippen molar-refractivity contribution in [2.24, 2.45) is 0 Å². The quantitative estimate of drug-likeness (QED) is 0.862. The topological polar surface area (TPSA) is 70.2 Å². The van der Waals surface area contributed by atoms with Crippen LogP contribution in [-0.4, -0.2) is 41.0 Å². The summed E-state index contributed by atoms with van der Waals surface area (Å²) in [6.07, 6.45) is 1.81. The fourth-order valence-electron chi connectivity index (χ4n) is 2.42. The SMILES string of the molecule is CCCNc1cc(N2CCNC(=O)C2(C)C)nc(CC)n1. The van der Waals surface area contributed by atoms with Gasteiger partial charge in [-0.3, -0.25) is 4.79 Å². The maximum atomic E-state index is 12.1. The molecule has 1 amide bonds. The highest BCUT2D eigenvalue weighted by Crippen LogP contribution is 2.26. The molecular weight excluding hydrogens is 266 g/mol. The Morgan fingerprint density at radius 1 is 1.38 bits per heavy atom. The summed E-state index contributed by atoms with van der Waals surface area (Å²) in [5.74, 6) is 2.49. The molecule has 0 atom stereocenters. The number of piperazine rings is 1. The maximum absolute atomic E-state index is 12.1. The van der Waals surface area contributed by atoms with Crippen LogP contribution in [-0.2, 0) is 11.2 Å². The molecule has 2 N–H and O–H groups in total. The van der Waals surface area contributed by atoms with Crippen LogP contribution in [0.3, 0.4) is 0 Å². The Morgan fingerprint density at radius 2 is 2.14 bits per heavy atom. The zero-order valence-corrected chi connectivity index (χ0v) is 13.4. The van der Waals surface area contributed by atoms with Crippen molar-refractivity contribution in [2.75, 3.05) is 29.9 Å². The normalized spacial score (nSPS) is 17.5. The predicted octanol–water partition coefficient (Wildman–Crippen LogP) is 1.58. The van der Waals surface area contributed by atoms with E-state index in [2.05, 4.69) is 32.4 Å². The monoisotopic (exact) mass is 291 g/mol. The van der Waals surface area contributed by atoms with Crippen molar-refractivity contribution in [3.8, 4) is 0 Å². The number of nitrogens with zero attached hydrogens (tertiary/aromatic N) is 3. The number of aryl methyl sites for hydroxylation is 1. The second kappa shape index (κ2) is 6.28. The zero-order chi connectivity index (χ0) is 15.5. The molecule has 0 radical (unpaired) electrons. The summed E-state index contributed by atoms with van der Waals surface area (Å²) < 4.78 is 0. The Kier molecular flexibility index (Phi) is 4.65. The van der Waals surface area contributed by atoms with E-state index in [4.69, 9.17) is 0 Å². The largest absolute Gasteiger partial charge is 0.370 e. The number of rotatable bonds is 5. The Labute approximate surface area is 126 Å². The summed E-state index contributed by atoms with van der Waals surface area (Å²) in [7, 11) is 0. The molecule has 1 aliphatic heterocycles. The molecule has 1 saturated heterocycles. The van der Waals surface area contributed by atoms with Crippen LogP contribution >= 0.6 is 0 Å². The van der Waals surface area contributed by atoms with Crippen molar-refractivity contribution in [2.45, 2.75) is 46.1 Å². The Bertz CT molecular complexity index is 515. The Hall–Kier alpha value is -1.85. The van der Waals surface area contributed by atoms with Gasteiger partial charge in [-0.05, 0) is 20.3 Å². The van der Waals surface area contributed by atoms with Crippen LogP contribution in [0, 0.1) is 0 Å². The molecule has 1 aromatic rings. The van der Waals surface area contributed by atoms with Crippen molar-refractivity contribution in [3.63, 3.8) is 0 Å². The van der Waals surface area contributed by atoms with Crippen LogP contribution in [0.15, 0.2) is 6.07 Å². The van der Waals surface area contributed by atoms with Gasteiger partial charge in [0.2, 0.25) is 5.91 Å². The first-order chi connectivity index (χ1) is 9.98. The third-order valence-corrected chi connectivity index (χ3v) is 3.76. The van der Waals surface area contributed by atoms with Crippen LogP contribution in [0.2, 0.25) is 0 Å². The molecule has 6 nitrogen and oxygen atoms in total. The first kappa shape index (κ1) is 15.5. The second-order valence-corrected chi connectivity index (χ2v) is 5.77. The van der Waals surface area contributed by atoms with Gasteiger partial charge in [0.25, 0.3) is 0 Å². The van der Waals surface area contributed by atoms with E-state index in [1.807, 2.05) is 26.8 Å². The van der Waals surface area contributed by atoms with E-state index in [0.29, 0.717) is 6.54 Å². The number of hydrogen-bond donors (Lipinski definition) is 2. The van der Waals surface area contributed by atoms with E-state index >= 15 is 0 Å². The third kappa shape index (κ3) is 3.25. The fraction of sp³-hybridized carbons (Fsp3) is 0.667. The molecular formula is C15H25N5O. The molecule has 0 bridgehead atoms. The molecule has 1 aromatic heterocycles. The molecule has 116 valence electrons. The van der Waals surface area contributed by atoms with Gasteiger partial charge in [-0.25, -0.2) is 9.97 Å². The number of amides is 1.